The number of aromatic nitrogens is 1. The molecule has 152 valence electrons. The van der Waals surface area contributed by atoms with Crippen molar-refractivity contribution in [2.75, 3.05) is 34.0 Å². The average Bonchev–Trinajstić information content (AvgIpc) is 3.17. The molecule has 2 aromatic carbocycles. The minimum atomic E-state index is -0.578. The topological polar surface area (TPSA) is 89.7 Å². The van der Waals surface area contributed by atoms with Crippen LogP contribution in [0.15, 0.2) is 54.7 Å². The summed E-state index contributed by atoms with van der Waals surface area (Å²) in [4.78, 5) is 26.8. The highest BCUT2D eigenvalue weighted by molar-refractivity contribution is 5.84. The molecule has 7 nitrogen and oxygen atoms in total. The Morgan fingerprint density at radius 1 is 1.03 bits per heavy atom. The first kappa shape index (κ1) is 20.4. The standard InChI is InChI=1S/C22H24N2O5/c1-27-14-22(26)29-13-21(25)24-11-18(15-7-9-16(28-2)10-8-15)19-12-23-20-6-4-3-5-17(19)20/h3-10,12,18,23H,11,13-14H2,1-2H3,(H,24,25)/t18-/m1/s1. The molecule has 1 amide bonds. The molecule has 3 rings (SSSR count). The van der Waals surface area contributed by atoms with Crippen molar-refractivity contribution in [1.29, 1.82) is 0 Å². The van der Waals surface area contributed by atoms with Crippen LogP contribution in [0, 0.1) is 0 Å². The summed E-state index contributed by atoms with van der Waals surface area (Å²) >= 11 is 0. The van der Waals surface area contributed by atoms with E-state index in [2.05, 4.69) is 15.0 Å². The van der Waals surface area contributed by atoms with Crippen LogP contribution in [0.3, 0.4) is 0 Å². The molecule has 0 aliphatic rings. The van der Waals surface area contributed by atoms with E-state index in [0.717, 1.165) is 27.8 Å². The van der Waals surface area contributed by atoms with Crippen LogP contribution >= 0.6 is 0 Å². The number of aromatic amines is 1. The van der Waals surface area contributed by atoms with E-state index in [1.807, 2.05) is 54.7 Å². The monoisotopic (exact) mass is 396 g/mol. The van der Waals surface area contributed by atoms with E-state index in [0.29, 0.717) is 6.54 Å². The summed E-state index contributed by atoms with van der Waals surface area (Å²) < 4.78 is 14.8. The van der Waals surface area contributed by atoms with Crippen LogP contribution in [-0.4, -0.2) is 50.8 Å². The molecule has 1 aromatic heterocycles. The molecule has 7 heteroatoms. The third-order valence-corrected chi connectivity index (χ3v) is 4.64. The Kier molecular flexibility index (Phi) is 6.86. The predicted molar refractivity (Wildman–Crippen MR) is 109 cm³/mol. The maximum Gasteiger partial charge on any atom is 0.332 e. The minimum Gasteiger partial charge on any atom is -0.497 e. The van der Waals surface area contributed by atoms with Crippen LogP contribution in [0.1, 0.15) is 17.0 Å². The van der Waals surface area contributed by atoms with Gasteiger partial charge in [0, 0.05) is 36.7 Å². The molecule has 0 bridgehead atoms. The lowest BCUT2D eigenvalue weighted by Gasteiger charge is -2.18. The first-order valence-electron chi connectivity index (χ1n) is 9.23. The number of methoxy groups -OCH3 is 2. The molecule has 0 fully saturated rings. The van der Waals surface area contributed by atoms with E-state index >= 15 is 0 Å². The molecule has 29 heavy (non-hydrogen) atoms. The zero-order valence-corrected chi connectivity index (χ0v) is 16.4. The first-order valence-corrected chi connectivity index (χ1v) is 9.23. The second-order valence-electron chi connectivity index (χ2n) is 6.51. The van der Waals surface area contributed by atoms with E-state index in [1.54, 1.807) is 7.11 Å². The zero-order valence-electron chi connectivity index (χ0n) is 16.4. The van der Waals surface area contributed by atoms with Crippen molar-refractivity contribution in [2.45, 2.75) is 5.92 Å². The lowest BCUT2D eigenvalue weighted by Crippen LogP contribution is -2.33. The number of amides is 1. The SMILES string of the molecule is COCC(=O)OCC(=O)NC[C@H](c1ccc(OC)cc1)c1c[nH]c2ccccc12. The third kappa shape index (κ3) is 5.14. The van der Waals surface area contributed by atoms with Gasteiger partial charge in [-0.25, -0.2) is 4.79 Å². The molecule has 0 unspecified atom stereocenters. The van der Waals surface area contributed by atoms with Crippen LogP contribution in [0.4, 0.5) is 0 Å². The Hall–Kier alpha value is -3.32. The lowest BCUT2D eigenvalue weighted by molar-refractivity contribution is -0.152. The largest absolute Gasteiger partial charge is 0.497 e. The second kappa shape index (κ2) is 9.75. The molecule has 0 spiro atoms. The van der Waals surface area contributed by atoms with Gasteiger partial charge in [-0.1, -0.05) is 30.3 Å². The van der Waals surface area contributed by atoms with Crippen molar-refractivity contribution in [3.05, 3.63) is 65.9 Å². The predicted octanol–water partition coefficient (Wildman–Crippen LogP) is 2.61. The Balaban J connectivity index is 1.78. The maximum atomic E-state index is 12.2. The quantitative estimate of drug-likeness (QED) is 0.543. The summed E-state index contributed by atoms with van der Waals surface area (Å²) in [6, 6.07) is 15.8. The number of nitrogens with one attached hydrogen (secondary N) is 2. The number of rotatable bonds is 9. The van der Waals surface area contributed by atoms with Gasteiger partial charge in [0.15, 0.2) is 6.61 Å². The number of hydrogen-bond acceptors (Lipinski definition) is 5. The smallest absolute Gasteiger partial charge is 0.332 e. The Bertz CT molecular complexity index is 965. The van der Waals surface area contributed by atoms with Gasteiger partial charge in [-0.2, -0.15) is 0 Å². The van der Waals surface area contributed by atoms with Crippen molar-refractivity contribution >= 4 is 22.8 Å². The van der Waals surface area contributed by atoms with Gasteiger partial charge in [0.25, 0.3) is 5.91 Å². The first-order chi connectivity index (χ1) is 14.1. The molecule has 0 saturated heterocycles. The summed E-state index contributed by atoms with van der Waals surface area (Å²) in [6.07, 6.45) is 1.96. The van der Waals surface area contributed by atoms with Gasteiger partial charge in [0.05, 0.1) is 7.11 Å². The van der Waals surface area contributed by atoms with Gasteiger partial charge >= 0.3 is 5.97 Å². The highest BCUT2D eigenvalue weighted by Crippen LogP contribution is 2.31. The number of ether oxygens (including phenoxy) is 3. The summed E-state index contributed by atoms with van der Waals surface area (Å²) in [5.41, 5.74) is 3.13. The Labute approximate surface area is 169 Å². The molecule has 1 heterocycles. The van der Waals surface area contributed by atoms with Gasteiger partial charge in [-0.05, 0) is 29.3 Å². The number of hydrogen-bond donors (Lipinski definition) is 2. The number of esters is 1. The number of H-pyrrole nitrogens is 1. The van der Waals surface area contributed by atoms with Crippen LogP contribution in [0.5, 0.6) is 5.75 Å². The normalized spacial score (nSPS) is 11.8. The second-order valence-corrected chi connectivity index (χ2v) is 6.51. The van der Waals surface area contributed by atoms with Crippen molar-refractivity contribution in [2.24, 2.45) is 0 Å². The van der Waals surface area contributed by atoms with Crippen LogP contribution < -0.4 is 10.1 Å². The van der Waals surface area contributed by atoms with Gasteiger partial charge < -0.3 is 24.5 Å². The number of benzene rings is 2. The Morgan fingerprint density at radius 3 is 2.52 bits per heavy atom. The van der Waals surface area contributed by atoms with Gasteiger partial charge in [-0.15, -0.1) is 0 Å². The highest BCUT2D eigenvalue weighted by Gasteiger charge is 2.19. The fourth-order valence-electron chi connectivity index (χ4n) is 3.20. The van der Waals surface area contributed by atoms with Crippen molar-refractivity contribution in [3.8, 4) is 5.75 Å². The fraction of sp³-hybridized carbons (Fsp3) is 0.273. The molecule has 0 aliphatic heterocycles. The van der Waals surface area contributed by atoms with Crippen LogP contribution in [0.2, 0.25) is 0 Å². The summed E-state index contributed by atoms with van der Waals surface area (Å²) in [5.74, 6) is -0.269. The zero-order chi connectivity index (χ0) is 20.6. The molecule has 3 aromatic rings. The van der Waals surface area contributed by atoms with Crippen molar-refractivity contribution in [3.63, 3.8) is 0 Å². The third-order valence-electron chi connectivity index (χ3n) is 4.64. The van der Waals surface area contributed by atoms with E-state index in [1.165, 1.54) is 7.11 Å². The molecule has 0 aliphatic carbocycles. The summed E-state index contributed by atoms with van der Waals surface area (Å²) in [5, 5.41) is 3.95. The van der Waals surface area contributed by atoms with E-state index in [9.17, 15) is 9.59 Å². The van der Waals surface area contributed by atoms with Gasteiger partial charge in [0.1, 0.15) is 12.4 Å². The lowest BCUT2D eigenvalue weighted by atomic mass is 9.91. The molecular formula is C22H24N2O5. The minimum absolute atomic E-state index is 0.0873. The molecule has 1 atom stereocenters. The molecular weight excluding hydrogens is 372 g/mol. The van der Waals surface area contributed by atoms with Crippen LogP contribution in [0.25, 0.3) is 10.9 Å². The number of fused-ring (bicyclic) bond motifs is 1. The van der Waals surface area contributed by atoms with Gasteiger partial charge in [-0.3, -0.25) is 4.79 Å². The molecule has 0 radical (unpaired) electrons. The van der Waals surface area contributed by atoms with Crippen LogP contribution in [-0.2, 0) is 19.1 Å². The van der Waals surface area contributed by atoms with Crippen molar-refractivity contribution in [1.82, 2.24) is 10.3 Å². The van der Waals surface area contributed by atoms with E-state index < -0.39 is 5.97 Å². The Morgan fingerprint density at radius 2 is 1.79 bits per heavy atom. The molecule has 2 N–H and O–H groups in total. The highest BCUT2D eigenvalue weighted by atomic mass is 16.6. The van der Waals surface area contributed by atoms with Crippen molar-refractivity contribution < 1.29 is 23.8 Å². The van der Waals surface area contributed by atoms with E-state index in [4.69, 9.17) is 9.47 Å². The van der Waals surface area contributed by atoms with E-state index in [-0.39, 0.29) is 25.0 Å². The molecule has 0 saturated carbocycles. The number of carbonyl (C=O) groups excluding carboxylic acids is 2. The average molecular weight is 396 g/mol. The number of para-hydroxylation sites is 1. The summed E-state index contributed by atoms with van der Waals surface area (Å²) in [6.45, 7) is -0.169. The maximum absolute atomic E-state index is 12.2. The number of carbonyl (C=O) groups is 2. The van der Waals surface area contributed by atoms with Gasteiger partial charge in [0.2, 0.25) is 0 Å². The fourth-order valence-corrected chi connectivity index (χ4v) is 3.20. The summed E-state index contributed by atoms with van der Waals surface area (Å²) in [7, 11) is 3.01.